The number of pyridine rings is 1. The van der Waals surface area contributed by atoms with E-state index in [1.807, 2.05) is 29.3 Å². The quantitative estimate of drug-likeness (QED) is 0.638. The Bertz CT molecular complexity index is 1390. The van der Waals surface area contributed by atoms with Gasteiger partial charge in [-0.3, -0.25) is 19.3 Å². The molecule has 0 fully saturated rings. The minimum Gasteiger partial charge on any atom is -0.502 e. The minimum atomic E-state index is -0.933. The molecule has 1 N–H and O–H groups in total. The number of carbonyl (C=O) groups excluding carboxylic acids is 1. The highest BCUT2D eigenvalue weighted by molar-refractivity contribution is 5.96. The van der Waals surface area contributed by atoms with Crippen molar-refractivity contribution in [2.24, 2.45) is 5.92 Å². The van der Waals surface area contributed by atoms with E-state index in [0.29, 0.717) is 18.4 Å². The lowest BCUT2D eigenvalue weighted by Crippen LogP contribution is -2.62. The lowest BCUT2D eigenvalue weighted by Gasteiger charge is -2.50. The van der Waals surface area contributed by atoms with Crippen LogP contribution in [0.3, 0.4) is 0 Å². The molecule has 0 saturated carbocycles. The number of amides is 1. The smallest absolute Gasteiger partial charge is 0.277 e. The molecule has 162 valence electrons. The van der Waals surface area contributed by atoms with Crippen molar-refractivity contribution in [3.8, 4) is 5.75 Å². The van der Waals surface area contributed by atoms with Gasteiger partial charge in [0.1, 0.15) is 12.2 Å². The van der Waals surface area contributed by atoms with E-state index >= 15 is 0 Å². The van der Waals surface area contributed by atoms with Gasteiger partial charge in [-0.25, -0.2) is 8.78 Å². The average Bonchev–Trinajstić information content (AvgIpc) is 3.24. The van der Waals surface area contributed by atoms with Crippen LogP contribution in [0, 0.1) is 17.6 Å². The Kier molecular flexibility index (Phi) is 3.68. The number of hydrogen-bond donors (Lipinski definition) is 1. The zero-order valence-electron chi connectivity index (χ0n) is 17.2. The van der Waals surface area contributed by atoms with Gasteiger partial charge >= 0.3 is 0 Å². The highest BCUT2D eigenvalue weighted by atomic mass is 19.2. The first-order chi connectivity index (χ1) is 15.3. The third-order valence-electron chi connectivity index (χ3n) is 7.12. The van der Waals surface area contributed by atoms with Crippen molar-refractivity contribution in [3.05, 3.63) is 98.5 Å². The highest BCUT2D eigenvalue weighted by Crippen LogP contribution is 2.56. The molecule has 32 heavy (non-hydrogen) atoms. The number of aromatic nitrogens is 1. The predicted molar refractivity (Wildman–Crippen MR) is 112 cm³/mol. The van der Waals surface area contributed by atoms with Gasteiger partial charge in [-0.05, 0) is 47.2 Å². The van der Waals surface area contributed by atoms with Crippen LogP contribution in [-0.4, -0.2) is 34.3 Å². The first-order valence-electron chi connectivity index (χ1n) is 10.4. The van der Waals surface area contributed by atoms with Crippen LogP contribution < -0.4 is 10.4 Å². The van der Waals surface area contributed by atoms with Crippen LogP contribution in [0.25, 0.3) is 0 Å². The predicted octanol–water partition coefficient (Wildman–Crippen LogP) is 2.49. The number of rotatable bonds is 1. The van der Waals surface area contributed by atoms with Crippen molar-refractivity contribution in [3.63, 3.8) is 0 Å². The summed E-state index contributed by atoms with van der Waals surface area (Å²) in [6.07, 6.45) is 2.70. The van der Waals surface area contributed by atoms with Crippen LogP contribution >= 0.6 is 0 Å². The van der Waals surface area contributed by atoms with Gasteiger partial charge in [0, 0.05) is 25.2 Å². The van der Waals surface area contributed by atoms with E-state index in [0.717, 1.165) is 16.7 Å². The summed E-state index contributed by atoms with van der Waals surface area (Å²) in [6, 6.07) is 11.6. The summed E-state index contributed by atoms with van der Waals surface area (Å²) in [5.41, 5.74) is 1.71. The number of benzene rings is 2. The molecule has 2 aliphatic carbocycles. The van der Waals surface area contributed by atoms with Crippen LogP contribution in [0.15, 0.2) is 53.5 Å². The molecular formula is C24H19F2N3O3. The Balaban J connectivity index is 1.71. The fourth-order valence-corrected chi connectivity index (χ4v) is 5.87. The van der Waals surface area contributed by atoms with Crippen molar-refractivity contribution < 1.29 is 18.7 Å². The molecule has 8 heteroatoms. The van der Waals surface area contributed by atoms with E-state index in [2.05, 4.69) is 0 Å². The lowest BCUT2D eigenvalue weighted by atomic mass is 9.81. The van der Waals surface area contributed by atoms with Crippen molar-refractivity contribution >= 4 is 5.91 Å². The Morgan fingerprint density at radius 1 is 1.00 bits per heavy atom. The Morgan fingerprint density at radius 3 is 2.53 bits per heavy atom. The number of fused-ring (bicyclic) bond motifs is 6. The van der Waals surface area contributed by atoms with Gasteiger partial charge in [0.05, 0.1) is 0 Å². The van der Waals surface area contributed by atoms with Crippen molar-refractivity contribution in [2.45, 2.75) is 18.4 Å². The summed E-state index contributed by atoms with van der Waals surface area (Å²) in [7, 11) is 1.59. The molecule has 0 bridgehead atoms. The van der Waals surface area contributed by atoms with Gasteiger partial charge in [-0.15, -0.1) is 0 Å². The fourth-order valence-electron chi connectivity index (χ4n) is 5.87. The summed E-state index contributed by atoms with van der Waals surface area (Å²) in [5, 5.41) is 12.4. The zero-order chi connectivity index (χ0) is 22.4. The van der Waals surface area contributed by atoms with E-state index in [4.69, 9.17) is 0 Å². The summed E-state index contributed by atoms with van der Waals surface area (Å²) in [5.74, 6) is -2.99. The summed E-state index contributed by atoms with van der Waals surface area (Å²) < 4.78 is 30.2. The maximum absolute atomic E-state index is 14.5. The van der Waals surface area contributed by atoms with Crippen LogP contribution in [0.5, 0.6) is 5.75 Å². The van der Waals surface area contributed by atoms with Gasteiger partial charge in [0.15, 0.2) is 23.1 Å². The zero-order valence-corrected chi connectivity index (χ0v) is 17.2. The third-order valence-corrected chi connectivity index (χ3v) is 7.12. The molecule has 1 amide bonds. The Labute approximate surface area is 181 Å². The van der Waals surface area contributed by atoms with Crippen molar-refractivity contribution in [2.75, 3.05) is 18.7 Å². The van der Waals surface area contributed by atoms with Crippen LogP contribution in [0.4, 0.5) is 8.78 Å². The normalized spacial score (nSPS) is 23.1. The number of nitrogens with zero attached hydrogens (tertiary/aromatic N) is 3. The average molecular weight is 435 g/mol. The second-order valence-corrected chi connectivity index (χ2v) is 8.72. The second-order valence-electron chi connectivity index (χ2n) is 8.72. The molecule has 2 unspecified atom stereocenters. The van der Waals surface area contributed by atoms with Gasteiger partial charge in [0.25, 0.3) is 5.91 Å². The first kappa shape index (κ1) is 19.0. The van der Waals surface area contributed by atoms with Crippen LogP contribution in [-0.2, 0) is 18.4 Å². The third kappa shape index (κ3) is 2.16. The van der Waals surface area contributed by atoms with Crippen LogP contribution in [0.2, 0.25) is 0 Å². The van der Waals surface area contributed by atoms with Gasteiger partial charge < -0.3 is 10.0 Å². The molecule has 6 nitrogen and oxygen atoms in total. The molecule has 0 spiro atoms. The molecule has 3 aliphatic rings. The first-order valence-corrected chi connectivity index (χ1v) is 10.4. The number of aromatic hydroxyl groups is 1. The number of halogens is 2. The topological polar surface area (TPSA) is 65.8 Å². The molecule has 0 saturated heterocycles. The minimum absolute atomic E-state index is 0.0490. The van der Waals surface area contributed by atoms with Crippen molar-refractivity contribution in [1.29, 1.82) is 0 Å². The summed E-state index contributed by atoms with van der Waals surface area (Å²) in [6.45, 7) is 0.136. The van der Waals surface area contributed by atoms with Gasteiger partial charge in [-0.2, -0.15) is 0 Å². The maximum Gasteiger partial charge on any atom is 0.277 e. The molecule has 6 rings (SSSR count). The summed E-state index contributed by atoms with van der Waals surface area (Å²) in [4.78, 5) is 26.4. The molecule has 1 aliphatic heterocycles. The molecule has 2 aromatic carbocycles. The van der Waals surface area contributed by atoms with E-state index in [1.165, 1.54) is 34.0 Å². The monoisotopic (exact) mass is 435 g/mol. The molecule has 0 radical (unpaired) electrons. The van der Waals surface area contributed by atoms with E-state index in [9.17, 15) is 23.5 Å². The van der Waals surface area contributed by atoms with Gasteiger partial charge in [0.2, 0.25) is 5.43 Å². The number of hydrogen-bond acceptors (Lipinski definition) is 4. The van der Waals surface area contributed by atoms with Crippen LogP contribution in [0.1, 0.15) is 32.7 Å². The van der Waals surface area contributed by atoms with E-state index in [1.54, 1.807) is 7.05 Å². The standard InChI is InChI=1S/C24H19F2N3O3/c1-27-12-29(28-7-6-20(30)22(31)21(28)23(27)32)24-15(8-13-4-2-3-5-16(13)24)9-14-10-18(25)19(26)11-17(14)24/h2-7,10-11,15,31H,8-9,12H2,1H3. The molecule has 1 aromatic heterocycles. The Morgan fingerprint density at radius 2 is 1.72 bits per heavy atom. The van der Waals surface area contributed by atoms with E-state index in [-0.39, 0.29) is 18.3 Å². The Hall–Kier alpha value is -3.68. The maximum atomic E-state index is 14.5. The van der Waals surface area contributed by atoms with E-state index < -0.39 is 34.3 Å². The molecule has 2 atom stereocenters. The highest BCUT2D eigenvalue weighted by Gasteiger charge is 2.58. The fraction of sp³-hybridized carbons (Fsp3) is 0.250. The van der Waals surface area contributed by atoms with Crippen molar-refractivity contribution in [1.82, 2.24) is 9.58 Å². The second kappa shape index (κ2) is 6.18. The molecular weight excluding hydrogens is 416 g/mol. The molecule has 2 heterocycles. The SMILES string of the molecule is CN1CN(C23c4ccccc4CC2Cc2cc(F)c(F)cc23)n2ccc(=O)c(O)c2C1=O. The number of carbonyl (C=O) groups is 1. The largest absolute Gasteiger partial charge is 0.502 e. The molecule has 3 aromatic rings. The lowest BCUT2D eigenvalue weighted by molar-refractivity contribution is 0.0697. The van der Waals surface area contributed by atoms with Gasteiger partial charge in [-0.1, -0.05) is 24.3 Å². The summed E-state index contributed by atoms with van der Waals surface area (Å²) >= 11 is 0.